The average molecular weight is 278 g/mol. The number of nitrogens with zero attached hydrogens (tertiary/aromatic N) is 1. The molecule has 1 rings (SSSR count). The highest BCUT2D eigenvalue weighted by atomic mass is 32.2. The molecule has 0 spiro atoms. The van der Waals surface area contributed by atoms with Crippen molar-refractivity contribution in [3.05, 3.63) is 29.8 Å². The number of hydrogen-bond donors (Lipinski definition) is 1. The van der Waals surface area contributed by atoms with Gasteiger partial charge in [-0.15, -0.1) is 0 Å². The van der Waals surface area contributed by atoms with Gasteiger partial charge in [0.1, 0.15) is 16.5 Å². The first-order valence-electron chi connectivity index (χ1n) is 5.50. The second-order valence-electron chi connectivity index (χ2n) is 3.87. The van der Waals surface area contributed by atoms with Crippen LogP contribution in [-0.4, -0.2) is 40.0 Å². The van der Waals surface area contributed by atoms with Gasteiger partial charge in [0.05, 0.1) is 0 Å². The molecule has 0 aromatic heterocycles. The summed E-state index contributed by atoms with van der Waals surface area (Å²) in [5.74, 6) is -1.90. The van der Waals surface area contributed by atoms with Crippen molar-refractivity contribution >= 4 is 10.0 Å². The lowest BCUT2D eigenvalue weighted by atomic mass is 10.3. The molecule has 102 valence electrons. The third-order valence-electron chi connectivity index (χ3n) is 2.51. The number of hydrogen-bond acceptors (Lipinski definition) is 3. The molecule has 0 saturated carbocycles. The minimum absolute atomic E-state index is 0.170. The predicted molar refractivity (Wildman–Crippen MR) is 64.7 cm³/mol. The van der Waals surface area contributed by atoms with Gasteiger partial charge in [0, 0.05) is 19.2 Å². The summed E-state index contributed by atoms with van der Waals surface area (Å²) in [5, 5.41) is 0. The van der Waals surface area contributed by atoms with E-state index in [0.717, 1.165) is 18.7 Å². The van der Waals surface area contributed by atoms with Crippen LogP contribution < -0.4 is 4.72 Å². The number of rotatable bonds is 6. The number of sulfonamides is 1. The fourth-order valence-electron chi connectivity index (χ4n) is 1.30. The maximum absolute atomic E-state index is 13.3. The monoisotopic (exact) mass is 278 g/mol. The van der Waals surface area contributed by atoms with Gasteiger partial charge in [-0.1, -0.05) is 6.92 Å². The van der Waals surface area contributed by atoms with Gasteiger partial charge in [-0.2, -0.15) is 0 Å². The molecule has 1 N–H and O–H groups in total. The van der Waals surface area contributed by atoms with Crippen LogP contribution in [0.25, 0.3) is 0 Å². The summed E-state index contributed by atoms with van der Waals surface area (Å²) in [6, 6.07) is 2.37. The van der Waals surface area contributed by atoms with Gasteiger partial charge in [-0.3, -0.25) is 0 Å². The van der Waals surface area contributed by atoms with E-state index >= 15 is 0 Å². The van der Waals surface area contributed by atoms with E-state index < -0.39 is 26.6 Å². The minimum atomic E-state index is -3.93. The maximum Gasteiger partial charge on any atom is 0.243 e. The summed E-state index contributed by atoms with van der Waals surface area (Å²) in [6.07, 6.45) is 0. The molecule has 1 aromatic carbocycles. The highest BCUT2D eigenvalue weighted by molar-refractivity contribution is 7.89. The van der Waals surface area contributed by atoms with E-state index in [9.17, 15) is 17.2 Å². The summed E-state index contributed by atoms with van der Waals surface area (Å²) in [4.78, 5) is 1.37. The molecule has 4 nitrogen and oxygen atoms in total. The molecule has 1 aromatic rings. The van der Waals surface area contributed by atoms with E-state index in [0.29, 0.717) is 12.6 Å². The first kappa shape index (κ1) is 15.0. The molecule has 0 unspecified atom stereocenters. The van der Waals surface area contributed by atoms with Gasteiger partial charge in [0.2, 0.25) is 10.0 Å². The fraction of sp³-hybridized carbons (Fsp3) is 0.455. The molecule has 0 bridgehead atoms. The van der Waals surface area contributed by atoms with Gasteiger partial charge in [0.15, 0.2) is 0 Å². The summed E-state index contributed by atoms with van der Waals surface area (Å²) in [7, 11) is -2.09. The molecule has 0 amide bonds. The van der Waals surface area contributed by atoms with Crippen LogP contribution in [0.4, 0.5) is 8.78 Å². The molecule has 0 fully saturated rings. The third kappa shape index (κ3) is 4.01. The van der Waals surface area contributed by atoms with Crippen molar-refractivity contribution in [2.45, 2.75) is 11.8 Å². The second-order valence-corrected chi connectivity index (χ2v) is 5.60. The Kier molecular flexibility index (Phi) is 5.18. The Morgan fingerprint density at radius 2 is 2.00 bits per heavy atom. The van der Waals surface area contributed by atoms with Crippen molar-refractivity contribution in [3.63, 3.8) is 0 Å². The van der Waals surface area contributed by atoms with Crippen LogP contribution in [0.2, 0.25) is 0 Å². The molecule has 0 aliphatic heterocycles. The van der Waals surface area contributed by atoms with Crippen LogP contribution >= 0.6 is 0 Å². The van der Waals surface area contributed by atoms with Crippen molar-refractivity contribution in [3.8, 4) is 0 Å². The number of likely N-dealkylation sites (N-methyl/N-ethyl adjacent to an activating group) is 1. The van der Waals surface area contributed by atoms with Crippen LogP contribution in [0, 0.1) is 11.6 Å². The summed E-state index contributed by atoms with van der Waals surface area (Å²) >= 11 is 0. The van der Waals surface area contributed by atoms with Crippen molar-refractivity contribution in [1.29, 1.82) is 0 Å². The lowest BCUT2D eigenvalue weighted by molar-refractivity contribution is 0.357. The van der Waals surface area contributed by atoms with Gasteiger partial charge in [-0.25, -0.2) is 21.9 Å². The lowest BCUT2D eigenvalue weighted by Gasteiger charge is -2.14. The van der Waals surface area contributed by atoms with Gasteiger partial charge >= 0.3 is 0 Å². The maximum atomic E-state index is 13.3. The number of benzene rings is 1. The molecule has 0 aliphatic carbocycles. The summed E-state index contributed by atoms with van der Waals surface area (Å²) in [6.45, 7) is 3.41. The second kappa shape index (κ2) is 6.21. The zero-order valence-corrected chi connectivity index (χ0v) is 11.1. The van der Waals surface area contributed by atoms with E-state index in [-0.39, 0.29) is 6.54 Å². The molecule has 0 atom stereocenters. The molecule has 18 heavy (non-hydrogen) atoms. The van der Waals surface area contributed by atoms with Gasteiger partial charge in [0.25, 0.3) is 0 Å². The van der Waals surface area contributed by atoms with Crippen molar-refractivity contribution in [1.82, 2.24) is 9.62 Å². The Hall–Kier alpha value is -1.05. The first-order chi connectivity index (χ1) is 8.36. The molecule has 0 aliphatic rings. The SMILES string of the molecule is CCN(C)CCNS(=O)(=O)c1ccc(F)cc1F. The quantitative estimate of drug-likeness (QED) is 0.850. The van der Waals surface area contributed by atoms with Crippen LogP contribution in [0.3, 0.4) is 0 Å². The standard InChI is InChI=1S/C11H16F2N2O2S/c1-3-15(2)7-6-14-18(16,17)11-5-4-9(12)8-10(11)13/h4-5,8,14H,3,6-7H2,1-2H3. The van der Waals surface area contributed by atoms with Crippen molar-refractivity contribution < 1.29 is 17.2 Å². The Balaban J connectivity index is 2.74. The predicted octanol–water partition coefficient (Wildman–Crippen LogP) is 1.19. The molecular weight excluding hydrogens is 262 g/mol. The number of nitrogens with one attached hydrogen (secondary N) is 1. The van der Waals surface area contributed by atoms with Crippen LogP contribution in [0.1, 0.15) is 6.92 Å². The van der Waals surface area contributed by atoms with E-state index in [4.69, 9.17) is 0 Å². The van der Waals surface area contributed by atoms with Crippen LogP contribution in [-0.2, 0) is 10.0 Å². The zero-order valence-electron chi connectivity index (χ0n) is 10.3. The molecule has 0 radical (unpaired) electrons. The van der Waals surface area contributed by atoms with E-state index in [2.05, 4.69) is 4.72 Å². The summed E-state index contributed by atoms with van der Waals surface area (Å²) in [5.41, 5.74) is 0. The largest absolute Gasteiger partial charge is 0.305 e. The Morgan fingerprint density at radius 3 is 2.56 bits per heavy atom. The summed E-state index contributed by atoms with van der Waals surface area (Å²) < 4.78 is 51.8. The fourth-order valence-corrected chi connectivity index (χ4v) is 2.38. The van der Waals surface area contributed by atoms with Crippen LogP contribution in [0.5, 0.6) is 0 Å². The van der Waals surface area contributed by atoms with Gasteiger partial charge in [-0.05, 0) is 25.7 Å². The van der Waals surface area contributed by atoms with E-state index in [1.54, 1.807) is 0 Å². The highest BCUT2D eigenvalue weighted by Gasteiger charge is 2.18. The van der Waals surface area contributed by atoms with E-state index in [1.165, 1.54) is 0 Å². The zero-order chi connectivity index (χ0) is 13.8. The third-order valence-corrected chi connectivity index (χ3v) is 4.00. The van der Waals surface area contributed by atoms with Gasteiger partial charge < -0.3 is 4.90 Å². The minimum Gasteiger partial charge on any atom is -0.305 e. The normalized spacial score (nSPS) is 12.1. The Bertz CT molecular complexity index is 506. The highest BCUT2D eigenvalue weighted by Crippen LogP contribution is 2.14. The van der Waals surface area contributed by atoms with Crippen molar-refractivity contribution in [2.24, 2.45) is 0 Å². The Labute approximate surface area is 106 Å². The Morgan fingerprint density at radius 1 is 1.33 bits per heavy atom. The topological polar surface area (TPSA) is 49.4 Å². The lowest BCUT2D eigenvalue weighted by Crippen LogP contribution is -2.33. The molecule has 7 heteroatoms. The van der Waals surface area contributed by atoms with E-state index in [1.807, 2.05) is 18.9 Å². The van der Waals surface area contributed by atoms with Crippen LogP contribution in [0.15, 0.2) is 23.1 Å². The first-order valence-corrected chi connectivity index (χ1v) is 6.98. The number of halogens is 2. The average Bonchev–Trinajstić information content (AvgIpc) is 2.27. The smallest absolute Gasteiger partial charge is 0.243 e. The molecular formula is C11H16F2N2O2S. The molecule has 0 saturated heterocycles. The molecule has 0 heterocycles. The van der Waals surface area contributed by atoms with Crippen molar-refractivity contribution in [2.75, 3.05) is 26.7 Å².